The summed E-state index contributed by atoms with van der Waals surface area (Å²) in [6.07, 6.45) is 3.80. The SMILES string of the molecule is CCOc1[nH]c(C=c2c(=O)[nH][nH]c2=CCc2ccccc2)c(C(=O)OC)c1CC(=O)OC. The number of benzene rings is 1. The maximum Gasteiger partial charge on any atom is 0.340 e. The molecule has 3 aromatic rings. The van der Waals surface area contributed by atoms with Crippen molar-refractivity contribution < 1.29 is 23.8 Å². The molecule has 0 spiro atoms. The molecule has 0 aliphatic rings. The molecule has 0 atom stereocenters. The van der Waals surface area contributed by atoms with Crippen LogP contribution >= 0.6 is 0 Å². The minimum Gasteiger partial charge on any atom is -0.479 e. The summed E-state index contributed by atoms with van der Waals surface area (Å²) in [6, 6.07) is 9.78. The molecule has 0 bridgehead atoms. The van der Waals surface area contributed by atoms with Crippen LogP contribution in [0, 0.1) is 0 Å². The third-order valence-corrected chi connectivity index (χ3v) is 4.84. The standard InChI is InChI=1S/C23H25N3O6/c1-4-32-22-16(13-19(27)30-2)20(23(29)31-3)18(24-22)12-15-17(25-26-21(15)28)11-10-14-8-6-5-7-9-14/h5-9,11-12,24-25H,4,10,13H2,1-3H3,(H,26,28). The Morgan fingerprint density at radius 1 is 1.06 bits per heavy atom. The van der Waals surface area contributed by atoms with Crippen molar-refractivity contribution in [3.05, 3.63) is 73.6 Å². The predicted octanol–water partition coefficient (Wildman–Crippen LogP) is 0.784. The van der Waals surface area contributed by atoms with Crippen LogP contribution in [0.2, 0.25) is 0 Å². The number of esters is 2. The number of carbonyl (C=O) groups is 2. The van der Waals surface area contributed by atoms with Gasteiger partial charge in [0.05, 0.1) is 49.1 Å². The van der Waals surface area contributed by atoms with Gasteiger partial charge in [-0.25, -0.2) is 4.79 Å². The van der Waals surface area contributed by atoms with Crippen LogP contribution in [0.1, 0.15) is 34.1 Å². The zero-order chi connectivity index (χ0) is 23.1. The van der Waals surface area contributed by atoms with Crippen LogP contribution in [0.5, 0.6) is 5.88 Å². The molecule has 3 rings (SSSR count). The summed E-state index contributed by atoms with van der Waals surface area (Å²) in [4.78, 5) is 40.0. The normalized spacial score (nSPS) is 12.1. The Morgan fingerprint density at radius 3 is 2.47 bits per heavy atom. The molecular weight excluding hydrogens is 414 g/mol. The first-order valence-corrected chi connectivity index (χ1v) is 10.0. The van der Waals surface area contributed by atoms with E-state index in [4.69, 9.17) is 14.2 Å². The van der Waals surface area contributed by atoms with Gasteiger partial charge in [-0.05, 0) is 25.0 Å². The molecule has 9 nitrogen and oxygen atoms in total. The fourth-order valence-electron chi connectivity index (χ4n) is 3.30. The minimum atomic E-state index is -0.667. The Hall–Kier alpha value is -4.01. The number of H-pyrrole nitrogens is 3. The molecule has 9 heteroatoms. The van der Waals surface area contributed by atoms with Crippen LogP contribution in [0.15, 0.2) is 35.1 Å². The quantitative estimate of drug-likeness (QED) is 0.446. The van der Waals surface area contributed by atoms with Crippen molar-refractivity contribution in [1.82, 2.24) is 15.2 Å². The lowest BCUT2D eigenvalue weighted by atomic mass is 10.1. The number of aromatic amines is 3. The monoisotopic (exact) mass is 439 g/mol. The summed E-state index contributed by atoms with van der Waals surface area (Å²) in [7, 11) is 2.50. The molecule has 0 aliphatic heterocycles. The van der Waals surface area contributed by atoms with Gasteiger partial charge in [0, 0.05) is 5.56 Å². The van der Waals surface area contributed by atoms with Gasteiger partial charge in [0.15, 0.2) is 5.88 Å². The predicted molar refractivity (Wildman–Crippen MR) is 118 cm³/mol. The number of nitrogens with one attached hydrogen (secondary N) is 3. The average Bonchev–Trinajstić information content (AvgIpc) is 3.32. The van der Waals surface area contributed by atoms with Crippen LogP contribution < -0.4 is 20.9 Å². The summed E-state index contributed by atoms with van der Waals surface area (Å²) in [5.41, 5.74) is 1.42. The van der Waals surface area contributed by atoms with Gasteiger partial charge in [0.25, 0.3) is 5.56 Å². The number of carbonyl (C=O) groups excluding carboxylic acids is 2. The van der Waals surface area contributed by atoms with Crippen molar-refractivity contribution in [1.29, 1.82) is 0 Å². The summed E-state index contributed by atoms with van der Waals surface area (Å²) >= 11 is 0. The first-order chi connectivity index (χ1) is 15.5. The maximum absolute atomic E-state index is 12.6. The van der Waals surface area contributed by atoms with Crippen molar-refractivity contribution in [3.63, 3.8) is 0 Å². The highest BCUT2D eigenvalue weighted by atomic mass is 16.5. The zero-order valence-corrected chi connectivity index (χ0v) is 18.1. The molecular formula is C23H25N3O6. The van der Waals surface area contributed by atoms with Gasteiger partial charge in [-0.1, -0.05) is 36.4 Å². The van der Waals surface area contributed by atoms with Crippen molar-refractivity contribution in [3.8, 4) is 5.88 Å². The van der Waals surface area contributed by atoms with Gasteiger partial charge in [0.2, 0.25) is 0 Å². The van der Waals surface area contributed by atoms with Gasteiger partial charge in [-0.2, -0.15) is 0 Å². The Kier molecular flexibility index (Phi) is 7.33. The van der Waals surface area contributed by atoms with E-state index in [1.165, 1.54) is 20.3 Å². The Bertz CT molecular complexity index is 1270. The number of rotatable bonds is 8. The number of hydrogen-bond donors (Lipinski definition) is 3. The van der Waals surface area contributed by atoms with Crippen LogP contribution in [0.3, 0.4) is 0 Å². The van der Waals surface area contributed by atoms with E-state index >= 15 is 0 Å². The van der Waals surface area contributed by atoms with E-state index < -0.39 is 11.9 Å². The first-order valence-electron chi connectivity index (χ1n) is 10.0. The summed E-state index contributed by atoms with van der Waals surface area (Å²) < 4.78 is 15.3. The van der Waals surface area contributed by atoms with Gasteiger partial charge in [-0.15, -0.1) is 0 Å². The topological polar surface area (TPSA) is 126 Å². The van der Waals surface area contributed by atoms with Crippen LogP contribution in [0.25, 0.3) is 12.2 Å². The molecule has 2 heterocycles. The molecule has 0 unspecified atom stereocenters. The van der Waals surface area contributed by atoms with Gasteiger partial charge < -0.3 is 19.2 Å². The van der Waals surface area contributed by atoms with E-state index in [0.29, 0.717) is 34.9 Å². The molecule has 0 saturated carbocycles. The minimum absolute atomic E-state index is 0.107. The second-order valence-corrected chi connectivity index (χ2v) is 6.84. The largest absolute Gasteiger partial charge is 0.479 e. The molecule has 1 aromatic carbocycles. The number of methoxy groups -OCH3 is 2. The van der Waals surface area contributed by atoms with Gasteiger partial charge in [-0.3, -0.25) is 19.8 Å². The fourth-order valence-corrected chi connectivity index (χ4v) is 3.30. The van der Waals surface area contributed by atoms with Crippen molar-refractivity contribution in [2.24, 2.45) is 0 Å². The lowest BCUT2D eigenvalue weighted by Crippen LogP contribution is -2.33. The number of hydrogen-bond acceptors (Lipinski definition) is 6. The number of aromatic nitrogens is 3. The second-order valence-electron chi connectivity index (χ2n) is 6.84. The molecule has 0 aliphatic carbocycles. The van der Waals surface area contributed by atoms with E-state index in [0.717, 1.165) is 5.56 Å². The highest BCUT2D eigenvalue weighted by Crippen LogP contribution is 2.28. The van der Waals surface area contributed by atoms with E-state index in [9.17, 15) is 14.4 Å². The van der Waals surface area contributed by atoms with Crippen LogP contribution in [-0.4, -0.2) is 47.9 Å². The highest BCUT2D eigenvalue weighted by Gasteiger charge is 2.26. The molecule has 3 N–H and O–H groups in total. The Balaban J connectivity index is 2.17. The van der Waals surface area contributed by atoms with Gasteiger partial charge >= 0.3 is 11.9 Å². The molecule has 0 fully saturated rings. The number of ether oxygens (including phenoxy) is 3. The molecule has 2 aromatic heterocycles. The molecule has 0 saturated heterocycles. The first kappa shape index (κ1) is 22.7. The highest BCUT2D eigenvalue weighted by molar-refractivity contribution is 5.97. The lowest BCUT2D eigenvalue weighted by molar-refractivity contribution is -0.139. The van der Waals surface area contributed by atoms with Crippen molar-refractivity contribution >= 4 is 24.1 Å². The third kappa shape index (κ3) is 5.00. The van der Waals surface area contributed by atoms with Crippen LogP contribution in [0.4, 0.5) is 0 Å². The van der Waals surface area contributed by atoms with Crippen molar-refractivity contribution in [2.45, 2.75) is 19.8 Å². The Labute approximate surface area is 183 Å². The van der Waals surface area contributed by atoms with Gasteiger partial charge in [0.1, 0.15) is 0 Å². The summed E-state index contributed by atoms with van der Waals surface area (Å²) in [6.45, 7) is 2.08. The lowest BCUT2D eigenvalue weighted by Gasteiger charge is -2.06. The van der Waals surface area contributed by atoms with Crippen LogP contribution in [-0.2, 0) is 27.1 Å². The van der Waals surface area contributed by atoms with E-state index in [1.807, 2.05) is 36.4 Å². The third-order valence-electron chi connectivity index (χ3n) is 4.84. The summed E-state index contributed by atoms with van der Waals surface area (Å²) in [5, 5.41) is 6.31. The zero-order valence-electron chi connectivity index (χ0n) is 18.1. The van der Waals surface area contributed by atoms with E-state index in [1.54, 1.807) is 6.92 Å². The summed E-state index contributed by atoms with van der Waals surface area (Å²) in [5.74, 6) is -0.969. The Morgan fingerprint density at radius 2 is 1.81 bits per heavy atom. The van der Waals surface area contributed by atoms with E-state index in [-0.39, 0.29) is 23.4 Å². The smallest absolute Gasteiger partial charge is 0.340 e. The maximum atomic E-state index is 12.6. The molecule has 0 radical (unpaired) electrons. The average molecular weight is 439 g/mol. The van der Waals surface area contributed by atoms with Crippen molar-refractivity contribution in [2.75, 3.05) is 20.8 Å². The van der Waals surface area contributed by atoms with E-state index in [2.05, 4.69) is 15.2 Å². The fraction of sp³-hybridized carbons (Fsp3) is 0.261. The molecule has 168 valence electrons. The second kappa shape index (κ2) is 10.3. The molecule has 32 heavy (non-hydrogen) atoms. The molecule has 0 amide bonds.